The zero-order chi connectivity index (χ0) is 8.27. The number of aliphatic hydroxyl groups excluding tert-OH is 1. The van der Waals surface area contributed by atoms with Gasteiger partial charge in [0, 0.05) is 0 Å². The largest absolute Gasteiger partial charge is 0.394 e. The average Bonchev–Trinajstić information content (AvgIpc) is 2.32. The SMILES string of the molecule is NNc1nc(Br)nn1CCO. The molecular formula is C4H8BrN5O. The summed E-state index contributed by atoms with van der Waals surface area (Å²) in [5, 5.41) is 12.5. The Kier molecular flexibility index (Phi) is 2.80. The van der Waals surface area contributed by atoms with Gasteiger partial charge in [0.25, 0.3) is 0 Å². The smallest absolute Gasteiger partial charge is 0.236 e. The lowest BCUT2D eigenvalue weighted by molar-refractivity contribution is 0.270. The van der Waals surface area contributed by atoms with E-state index in [2.05, 4.69) is 31.4 Å². The first-order chi connectivity index (χ1) is 5.27. The Morgan fingerprint density at radius 1 is 1.73 bits per heavy atom. The van der Waals surface area contributed by atoms with Gasteiger partial charge in [-0.3, -0.25) is 5.43 Å². The van der Waals surface area contributed by atoms with E-state index in [0.717, 1.165) is 0 Å². The van der Waals surface area contributed by atoms with Gasteiger partial charge in [0.05, 0.1) is 13.2 Å². The minimum Gasteiger partial charge on any atom is -0.394 e. The zero-order valence-corrected chi connectivity index (χ0v) is 7.24. The lowest BCUT2D eigenvalue weighted by Crippen LogP contribution is -2.15. The summed E-state index contributed by atoms with van der Waals surface area (Å²) in [6.07, 6.45) is 0. The molecule has 1 aromatic rings. The van der Waals surface area contributed by atoms with Gasteiger partial charge < -0.3 is 5.11 Å². The van der Waals surface area contributed by atoms with Crippen LogP contribution in [-0.2, 0) is 6.54 Å². The molecule has 4 N–H and O–H groups in total. The number of nitrogens with zero attached hydrogens (tertiary/aromatic N) is 3. The molecule has 1 heterocycles. The van der Waals surface area contributed by atoms with Crippen LogP contribution in [0.4, 0.5) is 5.95 Å². The molecular weight excluding hydrogens is 214 g/mol. The number of nitrogen functional groups attached to an aromatic ring is 1. The predicted octanol–water partition coefficient (Wildman–Crippen LogP) is -0.682. The Balaban J connectivity index is 2.83. The summed E-state index contributed by atoms with van der Waals surface area (Å²) < 4.78 is 1.91. The molecule has 0 radical (unpaired) electrons. The molecule has 1 rings (SSSR count). The van der Waals surface area contributed by atoms with E-state index in [0.29, 0.717) is 17.2 Å². The van der Waals surface area contributed by atoms with E-state index in [9.17, 15) is 0 Å². The van der Waals surface area contributed by atoms with E-state index in [4.69, 9.17) is 10.9 Å². The summed E-state index contributed by atoms with van der Waals surface area (Å²) in [6.45, 7) is 0.378. The molecule has 0 aliphatic rings. The molecule has 1 aromatic heterocycles. The first-order valence-electron chi connectivity index (χ1n) is 2.95. The van der Waals surface area contributed by atoms with Crippen molar-refractivity contribution in [2.75, 3.05) is 12.0 Å². The van der Waals surface area contributed by atoms with Crippen molar-refractivity contribution >= 4 is 21.9 Å². The summed E-state index contributed by atoms with van der Waals surface area (Å²) in [4.78, 5) is 3.87. The van der Waals surface area contributed by atoms with Crippen molar-refractivity contribution in [1.82, 2.24) is 14.8 Å². The molecule has 0 saturated heterocycles. The first-order valence-corrected chi connectivity index (χ1v) is 3.75. The number of anilines is 1. The van der Waals surface area contributed by atoms with Crippen molar-refractivity contribution in [2.24, 2.45) is 5.84 Å². The molecule has 0 aromatic carbocycles. The fraction of sp³-hybridized carbons (Fsp3) is 0.500. The summed E-state index contributed by atoms with van der Waals surface area (Å²) in [6, 6.07) is 0. The fourth-order valence-electron chi connectivity index (χ4n) is 0.672. The maximum atomic E-state index is 8.58. The minimum atomic E-state index is 0.00444. The van der Waals surface area contributed by atoms with E-state index in [1.54, 1.807) is 0 Å². The number of hydrogen-bond acceptors (Lipinski definition) is 5. The number of halogens is 1. The van der Waals surface area contributed by atoms with Crippen molar-refractivity contribution in [1.29, 1.82) is 0 Å². The van der Waals surface area contributed by atoms with E-state index < -0.39 is 0 Å². The zero-order valence-electron chi connectivity index (χ0n) is 5.66. The lowest BCUT2D eigenvalue weighted by atomic mass is 10.7. The third kappa shape index (κ3) is 1.88. The molecule has 0 fully saturated rings. The van der Waals surface area contributed by atoms with Crippen molar-refractivity contribution < 1.29 is 5.11 Å². The Bertz CT molecular complexity index is 236. The van der Waals surface area contributed by atoms with Crippen LogP contribution in [0.15, 0.2) is 4.73 Å². The van der Waals surface area contributed by atoms with Gasteiger partial charge >= 0.3 is 0 Å². The van der Waals surface area contributed by atoms with Crippen molar-refractivity contribution in [3.8, 4) is 0 Å². The van der Waals surface area contributed by atoms with Gasteiger partial charge in [0.15, 0.2) is 0 Å². The molecule has 7 heteroatoms. The van der Waals surface area contributed by atoms with Gasteiger partial charge in [0.2, 0.25) is 10.7 Å². The molecule has 62 valence electrons. The normalized spacial score (nSPS) is 10.1. The maximum absolute atomic E-state index is 8.58. The van der Waals surface area contributed by atoms with Crippen LogP contribution in [0.2, 0.25) is 0 Å². The quantitative estimate of drug-likeness (QED) is 0.465. The molecule has 6 nitrogen and oxygen atoms in total. The standard InChI is InChI=1S/C4H8BrN5O/c5-3-7-4(8-6)10(9-3)1-2-11/h11H,1-2,6H2,(H,7,8,9). The van der Waals surface area contributed by atoms with Crippen molar-refractivity contribution in [2.45, 2.75) is 6.54 Å². The molecule has 0 amide bonds. The Labute approximate surface area is 71.5 Å². The van der Waals surface area contributed by atoms with Crippen LogP contribution in [0.1, 0.15) is 0 Å². The van der Waals surface area contributed by atoms with Crippen LogP contribution in [0.3, 0.4) is 0 Å². The molecule has 0 bridgehead atoms. The molecule has 0 atom stereocenters. The summed E-state index contributed by atoms with van der Waals surface area (Å²) >= 11 is 3.07. The molecule has 0 aliphatic heterocycles. The Morgan fingerprint density at radius 2 is 2.45 bits per heavy atom. The third-order valence-corrected chi connectivity index (χ3v) is 1.42. The van der Waals surface area contributed by atoms with Crippen molar-refractivity contribution in [3.05, 3.63) is 4.73 Å². The van der Waals surface area contributed by atoms with Gasteiger partial charge in [0.1, 0.15) is 0 Å². The summed E-state index contributed by atoms with van der Waals surface area (Å²) in [5.74, 6) is 5.54. The van der Waals surface area contributed by atoms with Crippen LogP contribution in [0.5, 0.6) is 0 Å². The van der Waals surface area contributed by atoms with Crippen molar-refractivity contribution in [3.63, 3.8) is 0 Å². The van der Waals surface area contributed by atoms with E-state index in [1.165, 1.54) is 4.68 Å². The van der Waals surface area contributed by atoms with Crippen LogP contribution in [-0.4, -0.2) is 26.5 Å². The molecule has 0 saturated carbocycles. The second-order valence-corrected chi connectivity index (χ2v) is 2.50. The highest BCUT2D eigenvalue weighted by molar-refractivity contribution is 9.10. The summed E-state index contributed by atoms with van der Waals surface area (Å²) in [5.41, 5.74) is 2.35. The van der Waals surface area contributed by atoms with Crippen LogP contribution < -0.4 is 11.3 Å². The maximum Gasteiger partial charge on any atom is 0.236 e. The number of nitrogens with one attached hydrogen (secondary N) is 1. The third-order valence-electron chi connectivity index (χ3n) is 1.09. The molecule has 0 spiro atoms. The van der Waals surface area contributed by atoms with Gasteiger partial charge in [-0.25, -0.2) is 10.5 Å². The number of rotatable bonds is 3. The first kappa shape index (κ1) is 8.44. The predicted molar refractivity (Wildman–Crippen MR) is 42.6 cm³/mol. The van der Waals surface area contributed by atoms with Gasteiger partial charge in [-0.2, -0.15) is 4.98 Å². The highest BCUT2D eigenvalue weighted by Crippen LogP contribution is 2.07. The highest BCUT2D eigenvalue weighted by Gasteiger charge is 2.04. The van der Waals surface area contributed by atoms with Crippen LogP contribution in [0, 0.1) is 0 Å². The molecule has 0 unspecified atom stereocenters. The number of aromatic nitrogens is 3. The second kappa shape index (κ2) is 3.65. The van der Waals surface area contributed by atoms with Crippen LogP contribution in [0.25, 0.3) is 0 Å². The van der Waals surface area contributed by atoms with Gasteiger partial charge in [-0.1, -0.05) is 0 Å². The number of hydrazine groups is 1. The molecule has 0 aliphatic carbocycles. The number of aliphatic hydroxyl groups is 1. The number of nitrogens with two attached hydrogens (primary N) is 1. The monoisotopic (exact) mass is 221 g/mol. The Morgan fingerprint density at radius 3 is 3.00 bits per heavy atom. The van der Waals surface area contributed by atoms with E-state index >= 15 is 0 Å². The average molecular weight is 222 g/mol. The minimum absolute atomic E-state index is 0.00444. The van der Waals surface area contributed by atoms with Crippen LogP contribution >= 0.6 is 15.9 Å². The second-order valence-electron chi connectivity index (χ2n) is 1.80. The highest BCUT2D eigenvalue weighted by atomic mass is 79.9. The topological polar surface area (TPSA) is 89.0 Å². The fourth-order valence-corrected chi connectivity index (χ4v) is 1.03. The molecule has 11 heavy (non-hydrogen) atoms. The van der Waals surface area contributed by atoms with Gasteiger partial charge in [-0.05, 0) is 15.9 Å². The van der Waals surface area contributed by atoms with E-state index in [-0.39, 0.29) is 6.61 Å². The van der Waals surface area contributed by atoms with Gasteiger partial charge in [-0.15, -0.1) is 5.10 Å². The lowest BCUT2D eigenvalue weighted by Gasteiger charge is -2.00. The van der Waals surface area contributed by atoms with E-state index in [1.807, 2.05) is 0 Å². The number of hydrogen-bond donors (Lipinski definition) is 3. The Hall–Kier alpha value is -0.660. The summed E-state index contributed by atoms with van der Waals surface area (Å²) in [7, 11) is 0.